The zero-order chi connectivity index (χ0) is 10.6. The number of halogens is 1. The third-order valence-electron chi connectivity index (χ3n) is 1.71. The maximum atomic E-state index is 9.52. The molecule has 74 valence electrons. The average Bonchev–Trinajstić information content (AvgIpc) is 2.17. The van der Waals surface area contributed by atoms with E-state index in [2.05, 4.69) is 4.98 Å². The maximum Gasteiger partial charge on any atom is 0.123 e. The van der Waals surface area contributed by atoms with Crippen LogP contribution >= 0.6 is 11.6 Å². The minimum Gasteiger partial charge on any atom is -0.389 e. The lowest BCUT2D eigenvalue weighted by Crippen LogP contribution is -2.18. The van der Waals surface area contributed by atoms with Gasteiger partial charge < -0.3 is 10.2 Å². The fraction of sp³-hybridized carbons (Fsp3) is 0.333. The van der Waals surface area contributed by atoms with Gasteiger partial charge in [-0.3, -0.25) is 4.98 Å². The summed E-state index contributed by atoms with van der Waals surface area (Å²) in [4.78, 5) is 3.84. The Morgan fingerprint density at radius 1 is 1.57 bits per heavy atom. The van der Waals surface area contributed by atoms with Crippen molar-refractivity contribution in [2.24, 2.45) is 0 Å². The summed E-state index contributed by atoms with van der Waals surface area (Å²) in [6.07, 6.45) is -1.02. The van der Waals surface area contributed by atoms with Gasteiger partial charge in [-0.1, -0.05) is 11.6 Å². The smallest absolute Gasteiger partial charge is 0.123 e. The molecule has 2 unspecified atom stereocenters. The number of aliphatic hydroxyl groups is 2. The molecule has 4 nitrogen and oxygen atoms in total. The zero-order valence-corrected chi connectivity index (χ0v) is 8.02. The van der Waals surface area contributed by atoms with Gasteiger partial charge in [-0.2, -0.15) is 5.26 Å². The average molecular weight is 213 g/mol. The van der Waals surface area contributed by atoms with E-state index in [9.17, 15) is 10.2 Å². The molecule has 0 saturated carbocycles. The van der Waals surface area contributed by atoms with Crippen molar-refractivity contribution < 1.29 is 10.2 Å². The van der Waals surface area contributed by atoms with E-state index in [0.717, 1.165) is 0 Å². The number of nitrogens with zero attached hydrogens (tertiary/aromatic N) is 2. The second-order valence-electron chi connectivity index (χ2n) is 2.77. The molecule has 0 saturated heterocycles. The molecule has 0 fully saturated rings. The van der Waals surface area contributed by atoms with Crippen LogP contribution in [0.15, 0.2) is 18.3 Å². The van der Waals surface area contributed by atoms with Crippen LogP contribution in [0.5, 0.6) is 0 Å². The molecule has 1 aromatic heterocycles. The van der Waals surface area contributed by atoms with Gasteiger partial charge >= 0.3 is 0 Å². The predicted octanol–water partition coefficient (Wildman–Crippen LogP) is 1.04. The standard InChI is InChI=1S/C9H9ClN2O2/c10-6-2-4-12-7(5-6)9(14)8(13)1-3-11/h2,4-5,8-9,13-14H,1H2. The normalized spacial score (nSPS) is 14.4. The molecule has 5 heteroatoms. The largest absolute Gasteiger partial charge is 0.389 e. The Morgan fingerprint density at radius 2 is 2.29 bits per heavy atom. The Labute approximate surface area is 86.4 Å². The van der Waals surface area contributed by atoms with E-state index in [1.165, 1.54) is 12.3 Å². The first-order chi connectivity index (χ1) is 6.65. The van der Waals surface area contributed by atoms with Crippen molar-refractivity contribution in [2.75, 3.05) is 0 Å². The van der Waals surface area contributed by atoms with Crippen LogP contribution < -0.4 is 0 Å². The van der Waals surface area contributed by atoms with E-state index in [4.69, 9.17) is 16.9 Å². The maximum absolute atomic E-state index is 9.52. The van der Waals surface area contributed by atoms with Gasteiger partial charge in [0.05, 0.1) is 24.3 Å². The van der Waals surface area contributed by atoms with Gasteiger partial charge in [0.15, 0.2) is 0 Å². The van der Waals surface area contributed by atoms with Crippen molar-refractivity contribution in [3.8, 4) is 6.07 Å². The molecule has 0 bridgehead atoms. The molecule has 2 atom stereocenters. The van der Waals surface area contributed by atoms with Crippen LogP contribution in [0, 0.1) is 11.3 Å². The van der Waals surface area contributed by atoms with Crippen LogP contribution in [0.4, 0.5) is 0 Å². The highest BCUT2D eigenvalue weighted by Gasteiger charge is 2.19. The summed E-state index contributed by atoms with van der Waals surface area (Å²) in [5.74, 6) is 0. The minimum absolute atomic E-state index is 0.143. The van der Waals surface area contributed by atoms with Gasteiger partial charge in [-0.15, -0.1) is 0 Å². The van der Waals surface area contributed by atoms with E-state index in [1.54, 1.807) is 12.1 Å². The Balaban J connectivity index is 2.79. The molecular formula is C9H9ClN2O2. The van der Waals surface area contributed by atoms with Crippen molar-refractivity contribution in [3.63, 3.8) is 0 Å². The molecule has 0 amide bonds. The summed E-state index contributed by atoms with van der Waals surface area (Å²) < 4.78 is 0. The lowest BCUT2D eigenvalue weighted by Gasteiger charge is -2.14. The summed E-state index contributed by atoms with van der Waals surface area (Å²) in [5.41, 5.74) is 0.264. The second kappa shape index (κ2) is 4.91. The first-order valence-electron chi connectivity index (χ1n) is 3.99. The van der Waals surface area contributed by atoms with Crippen LogP contribution in [-0.2, 0) is 0 Å². The van der Waals surface area contributed by atoms with Crippen molar-refractivity contribution in [1.29, 1.82) is 5.26 Å². The van der Waals surface area contributed by atoms with Crippen molar-refractivity contribution in [1.82, 2.24) is 4.98 Å². The van der Waals surface area contributed by atoms with Gasteiger partial charge in [0, 0.05) is 11.2 Å². The zero-order valence-electron chi connectivity index (χ0n) is 7.26. The van der Waals surface area contributed by atoms with E-state index < -0.39 is 12.2 Å². The van der Waals surface area contributed by atoms with Crippen LogP contribution in [0.1, 0.15) is 18.2 Å². The molecule has 1 heterocycles. The lowest BCUT2D eigenvalue weighted by atomic mass is 10.1. The molecule has 1 rings (SSSR count). The predicted molar refractivity (Wildman–Crippen MR) is 50.4 cm³/mol. The van der Waals surface area contributed by atoms with E-state index in [0.29, 0.717) is 5.02 Å². The topological polar surface area (TPSA) is 77.1 Å². The third-order valence-corrected chi connectivity index (χ3v) is 1.95. The molecule has 0 spiro atoms. The number of aliphatic hydroxyl groups excluding tert-OH is 2. The van der Waals surface area contributed by atoms with Crippen molar-refractivity contribution in [3.05, 3.63) is 29.0 Å². The fourth-order valence-electron chi connectivity index (χ4n) is 0.985. The second-order valence-corrected chi connectivity index (χ2v) is 3.21. The quantitative estimate of drug-likeness (QED) is 0.785. The van der Waals surface area contributed by atoms with Crippen LogP contribution in [-0.4, -0.2) is 21.3 Å². The monoisotopic (exact) mass is 212 g/mol. The molecule has 0 aliphatic carbocycles. The van der Waals surface area contributed by atoms with Crippen molar-refractivity contribution >= 4 is 11.6 Å². The molecule has 0 aromatic carbocycles. The number of nitriles is 1. The lowest BCUT2D eigenvalue weighted by molar-refractivity contribution is 0.0190. The minimum atomic E-state index is -1.17. The van der Waals surface area contributed by atoms with Crippen LogP contribution in [0.2, 0.25) is 5.02 Å². The molecule has 1 aromatic rings. The molecule has 14 heavy (non-hydrogen) atoms. The number of hydrogen-bond acceptors (Lipinski definition) is 4. The Morgan fingerprint density at radius 3 is 2.86 bits per heavy atom. The highest BCUT2D eigenvalue weighted by molar-refractivity contribution is 6.30. The molecule has 0 aliphatic rings. The first kappa shape index (κ1) is 10.9. The number of hydrogen-bond donors (Lipinski definition) is 2. The van der Waals surface area contributed by atoms with E-state index >= 15 is 0 Å². The van der Waals surface area contributed by atoms with Gasteiger partial charge in [0.1, 0.15) is 6.10 Å². The molecule has 0 aliphatic heterocycles. The SMILES string of the molecule is N#CCC(O)C(O)c1cc(Cl)ccn1. The van der Waals surface area contributed by atoms with Gasteiger partial charge in [0.25, 0.3) is 0 Å². The summed E-state index contributed by atoms with van der Waals surface area (Å²) in [7, 11) is 0. The Bertz CT molecular complexity index is 351. The highest BCUT2D eigenvalue weighted by Crippen LogP contribution is 2.19. The number of aromatic nitrogens is 1. The van der Waals surface area contributed by atoms with E-state index in [-0.39, 0.29) is 12.1 Å². The fourth-order valence-corrected chi connectivity index (χ4v) is 1.15. The number of rotatable bonds is 3. The Hall–Kier alpha value is -1.15. The third kappa shape index (κ3) is 2.67. The van der Waals surface area contributed by atoms with Crippen molar-refractivity contribution in [2.45, 2.75) is 18.6 Å². The van der Waals surface area contributed by atoms with E-state index in [1.807, 2.05) is 0 Å². The number of pyridine rings is 1. The summed E-state index contributed by atoms with van der Waals surface area (Å²) in [5, 5.41) is 27.6. The van der Waals surface area contributed by atoms with Crippen LogP contribution in [0.3, 0.4) is 0 Å². The molecule has 0 radical (unpaired) electrons. The summed E-state index contributed by atoms with van der Waals surface area (Å²) in [6, 6.07) is 4.78. The Kier molecular flexibility index (Phi) is 3.84. The van der Waals surface area contributed by atoms with Gasteiger partial charge in [-0.25, -0.2) is 0 Å². The molecule has 2 N–H and O–H groups in total. The van der Waals surface area contributed by atoms with Crippen LogP contribution in [0.25, 0.3) is 0 Å². The van der Waals surface area contributed by atoms with Gasteiger partial charge in [0.2, 0.25) is 0 Å². The highest BCUT2D eigenvalue weighted by atomic mass is 35.5. The first-order valence-corrected chi connectivity index (χ1v) is 4.37. The summed E-state index contributed by atoms with van der Waals surface area (Å²) in [6.45, 7) is 0. The van der Waals surface area contributed by atoms with Gasteiger partial charge in [-0.05, 0) is 12.1 Å². The summed E-state index contributed by atoms with van der Waals surface area (Å²) >= 11 is 5.67. The molecular weight excluding hydrogens is 204 g/mol.